The van der Waals surface area contributed by atoms with E-state index in [4.69, 9.17) is 0 Å². The molecular formula is C22H33N. The van der Waals surface area contributed by atoms with E-state index in [1.54, 1.807) is 0 Å². The Kier molecular flexibility index (Phi) is 7.15. The predicted molar refractivity (Wildman–Crippen MR) is 98.2 cm³/mol. The van der Waals surface area contributed by atoms with Crippen LogP contribution in [0, 0.1) is 23.2 Å². The zero-order valence-electron chi connectivity index (χ0n) is 15.1. The molecule has 0 N–H and O–H groups in total. The number of unbranched alkanes of at least 4 members (excludes halogenated alkanes) is 2. The van der Waals surface area contributed by atoms with Crippen molar-refractivity contribution in [2.75, 3.05) is 0 Å². The van der Waals surface area contributed by atoms with E-state index >= 15 is 0 Å². The maximum Gasteiger partial charge on any atom is 0.0878 e. The van der Waals surface area contributed by atoms with Crippen LogP contribution in [-0.2, 0) is 5.41 Å². The minimum atomic E-state index is -0.262. The molecule has 1 nitrogen and oxygen atoms in total. The number of nitrogens with zero attached hydrogens (tertiary/aromatic N) is 1. The topological polar surface area (TPSA) is 23.8 Å². The fourth-order valence-corrected chi connectivity index (χ4v) is 4.74. The Bertz CT molecular complexity index is 480. The molecule has 1 saturated carbocycles. The third-order valence-corrected chi connectivity index (χ3v) is 5.87. The van der Waals surface area contributed by atoms with Crippen molar-refractivity contribution in [3.63, 3.8) is 0 Å². The van der Waals surface area contributed by atoms with Gasteiger partial charge < -0.3 is 0 Å². The largest absolute Gasteiger partial charge is 0.197 e. The number of hydrogen-bond donors (Lipinski definition) is 0. The van der Waals surface area contributed by atoms with Gasteiger partial charge in [0.1, 0.15) is 0 Å². The SMILES string of the molecule is CCCCCC(CCC)C(C#N)(c1ccccc1)C1CCCC1. The van der Waals surface area contributed by atoms with Crippen LogP contribution in [0.15, 0.2) is 30.3 Å². The molecule has 1 aliphatic rings. The summed E-state index contributed by atoms with van der Waals surface area (Å²) in [6.45, 7) is 4.54. The van der Waals surface area contributed by atoms with E-state index in [9.17, 15) is 5.26 Å². The van der Waals surface area contributed by atoms with Crippen LogP contribution in [0.4, 0.5) is 0 Å². The summed E-state index contributed by atoms with van der Waals surface area (Å²) >= 11 is 0. The monoisotopic (exact) mass is 311 g/mol. The van der Waals surface area contributed by atoms with Crippen LogP contribution in [0.25, 0.3) is 0 Å². The Morgan fingerprint density at radius 1 is 1.04 bits per heavy atom. The maximum atomic E-state index is 10.4. The normalized spacial score (nSPS) is 19.2. The van der Waals surface area contributed by atoms with Gasteiger partial charge in [0.05, 0.1) is 11.5 Å². The lowest BCUT2D eigenvalue weighted by molar-refractivity contribution is 0.203. The number of rotatable bonds is 9. The first-order chi connectivity index (χ1) is 11.3. The van der Waals surface area contributed by atoms with E-state index in [0.29, 0.717) is 11.8 Å². The first-order valence-corrected chi connectivity index (χ1v) is 9.76. The van der Waals surface area contributed by atoms with E-state index in [0.717, 1.165) is 0 Å². The molecule has 1 aromatic rings. The van der Waals surface area contributed by atoms with Crippen molar-refractivity contribution in [3.8, 4) is 6.07 Å². The maximum absolute atomic E-state index is 10.4. The highest BCUT2D eigenvalue weighted by molar-refractivity contribution is 5.35. The van der Waals surface area contributed by atoms with E-state index in [1.807, 2.05) is 0 Å². The van der Waals surface area contributed by atoms with E-state index < -0.39 is 0 Å². The Labute approximate surface area is 143 Å². The second-order valence-corrected chi connectivity index (χ2v) is 7.31. The zero-order valence-corrected chi connectivity index (χ0v) is 15.1. The Hall–Kier alpha value is -1.29. The average Bonchev–Trinajstić information content (AvgIpc) is 3.12. The van der Waals surface area contributed by atoms with Gasteiger partial charge >= 0.3 is 0 Å². The van der Waals surface area contributed by atoms with Gasteiger partial charge in [-0.1, -0.05) is 82.7 Å². The number of hydrogen-bond acceptors (Lipinski definition) is 1. The van der Waals surface area contributed by atoms with Crippen LogP contribution in [0.5, 0.6) is 0 Å². The van der Waals surface area contributed by atoms with Crippen LogP contribution in [0.3, 0.4) is 0 Å². The van der Waals surface area contributed by atoms with Gasteiger partial charge in [-0.25, -0.2) is 0 Å². The molecule has 1 aliphatic carbocycles. The van der Waals surface area contributed by atoms with E-state index in [-0.39, 0.29) is 5.41 Å². The molecule has 2 rings (SSSR count). The third-order valence-electron chi connectivity index (χ3n) is 5.87. The molecule has 2 atom stereocenters. The molecule has 0 heterocycles. The van der Waals surface area contributed by atoms with E-state index in [1.165, 1.54) is 69.8 Å². The van der Waals surface area contributed by atoms with Gasteiger partial charge in [0.15, 0.2) is 0 Å². The Morgan fingerprint density at radius 2 is 1.74 bits per heavy atom. The molecule has 23 heavy (non-hydrogen) atoms. The summed E-state index contributed by atoms with van der Waals surface area (Å²) in [5.74, 6) is 1.06. The first-order valence-electron chi connectivity index (χ1n) is 9.76. The van der Waals surface area contributed by atoms with Crippen LogP contribution in [0.1, 0.15) is 83.6 Å². The lowest BCUT2D eigenvalue weighted by atomic mass is 9.60. The average molecular weight is 312 g/mol. The summed E-state index contributed by atoms with van der Waals surface area (Å²) in [5.41, 5.74) is 1.02. The minimum Gasteiger partial charge on any atom is -0.197 e. The van der Waals surface area contributed by atoms with Gasteiger partial charge in [-0.05, 0) is 43.1 Å². The van der Waals surface area contributed by atoms with Crippen molar-refractivity contribution in [2.24, 2.45) is 11.8 Å². The van der Waals surface area contributed by atoms with Crippen molar-refractivity contribution in [3.05, 3.63) is 35.9 Å². The molecule has 0 aliphatic heterocycles. The summed E-state index contributed by atoms with van der Waals surface area (Å²) in [5, 5.41) is 10.4. The fourth-order valence-electron chi connectivity index (χ4n) is 4.74. The summed E-state index contributed by atoms with van der Waals surface area (Å²) in [4.78, 5) is 0. The van der Waals surface area contributed by atoms with Gasteiger partial charge in [0, 0.05) is 0 Å². The molecular weight excluding hydrogens is 278 g/mol. The lowest BCUT2D eigenvalue weighted by Gasteiger charge is -2.41. The molecule has 0 bridgehead atoms. The Balaban J connectivity index is 2.38. The standard InChI is InChI=1S/C22H33N/c1-3-5-7-13-19(12-4-2)22(18-23,21-16-10-11-17-21)20-14-8-6-9-15-20/h6,8-9,14-15,19,21H,3-5,7,10-13,16-17H2,1-2H3. The molecule has 126 valence electrons. The van der Waals surface area contributed by atoms with Crippen molar-refractivity contribution >= 4 is 0 Å². The highest BCUT2D eigenvalue weighted by Crippen LogP contribution is 2.49. The van der Waals surface area contributed by atoms with E-state index in [2.05, 4.69) is 50.2 Å². The van der Waals surface area contributed by atoms with Crippen LogP contribution in [0.2, 0.25) is 0 Å². The third kappa shape index (κ3) is 3.97. The smallest absolute Gasteiger partial charge is 0.0878 e. The van der Waals surface area contributed by atoms with Crippen molar-refractivity contribution in [2.45, 2.75) is 83.5 Å². The van der Waals surface area contributed by atoms with Crippen molar-refractivity contribution < 1.29 is 0 Å². The van der Waals surface area contributed by atoms with Crippen LogP contribution in [-0.4, -0.2) is 0 Å². The molecule has 2 unspecified atom stereocenters. The summed E-state index contributed by atoms with van der Waals surface area (Å²) in [6.07, 6.45) is 12.5. The van der Waals surface area contributed by atoms with Gasteiger partial charge in [-0.3, -0.25) is 0 Å². The summed E-state index contributed by atoms with van der Waals surface area (Å²) in [7, 11) is 0. The predicted octanol–water partition coefficient (Wildman–Crippen LogP) is 6.63. The molecule has 1 fully saturated rings. The quantitative estimate of drug-likeness (QED) is 0.469. The fraction of sp³-hybridized carbons (Fsp3) is 0.682. The molecule has 0 radical (unpaired) electrons. The highest BCUT2D eigenvalue weighted by atomic mass is 14.5. The van der Waals surface area contributed by atoms with Gasteiger partial charge in [0.25, 0.3) is 0 Å². The van der Waals surface area contributed by atoms with Crippen molar-refractivity contribution in [1.82, 2.24) is 0 Å². The number of benzene rings is 1. The lowest BCUT2D eigenvalue weighted by Crippen LogP contribution is -2.40. The Morgan fingerprint density at radius 3 is 2.30 bits per heavy atom. The summed E-state index contributed by atoms with van der Waals surface area (Å²) in [6, 6.07) is 13.6. The highest BCUT2D eigenvalue weighted by Gasteiger charge is 2.47. The van der Waals surface area contributed by atoms with Crippen molar-refractivity contribution in [1.29, 1.82) is 5.26 Å². The van der Waals surface area contributed by atoms with Gasteiger partial charge in [-0.15, -0.1) is 0 Å². The molecule has 0 aromatic heterocycles. The molecule has 1 aromatic carbocycles. The second-order valence-electron chi connectivity index (χ2n) is 7.31. The molecule has 1 heteroatoms. The molecule has 0 amide bonds. The van der Waals surface area contributed by atoms with Crippen LogP contribution < -0.4 is 0 Å². The second kappa shape index (κ2) is 9.11. The zero-order chi connectivity index (χ0) is 16.5. The van der Waals surface area contributed by atoms with Gasteiger partial charge in [-0.2, -0.15) is 5.26 Å². The first kappa shape index (κ1) is 18.1. The number of nitriles is 1. The summed E-state index contributed by atoms with van der Waals surface area (Å²) < 4.78 is 0. The molecule has 0 spiro atoms. The van der Waals surface area contributed by atoms with Crippen LogP contribution >= 0.6 is 0 Å². The molecule has 0 saturated heterocycles. The van der Waals surface area contributed by atoms with Gasteiger partial charge in [0.2, 0.25) is 0 Å². The minimum absolute atomic E-state index is 0.262.